The minimum absolute atomic E-state index is 0.0833. The van der Waals surface area contributed by atoms with Gasteiger partial charge in [0.15, 0.2) is 0 Å². The van der Waals surface area contributed by atoms with Crippen molar-refractivity contribution in [2.24, 2.45) is 0 Å². The van der Waals surface area contributed by atoms with Gasteiger partial charge in [-0.15, -0.1) is 0 Å². The normalized spacial score (nSPS) is 11.8. The maximum Gasteiger partial charge on any atom is 0.313 e. The minimum atomic E-state index is -0.807. The maximum atomic E-state index is 12.9. The SMILES string of the molecule is CC[C@H](C)NC(=O)C(=O)Nc1ccc(F)c(Cl)c1. The predicted molar refractivity (Wildman–Crippen MR) is 67.9 cm³/mol. The molecule has 0 radical (unpaired) electrons. The van der Waals surface area contributed by atoms with E-state index < -0.39 is 17.6 Å². The van der Waals surface area contributed by atoms with Crippen LogP contribution in [0, 0.1) is 5.82 Å². The first kappa shape index (κ1) is 14.4. The van der Waals surface area contributed by atoms with Crippen LogP contribution in [-0.2, 0) is 9.59 Å². The van der Waals surface area contributed by atoms with E-state index in [0.717, 1.165) is 12.5 Å². The molecule has 0 aliphatic carbocycles. The second-order valence-electron chi connectivity index (χ2n) is 3.87. The van der Waals surface area contributed by atoms with Crippen molar-refractivity contribution >= 4 is 29.1 Å². The van der Waals surface area contributed by atoms with Crippen molar-refractivity contribution in [3.05, 3.63) is 29.0 Å². The van der Waals surface area contributed by atoms with Gasteiger partial charge in [-0.2, -0.15) is 0 Å². The lowest BCUT2D eigenvalue weighted by molar-refractivity contribution is -0.136. The van der Waals surface area contributed by atoms with Crippen LogP contribution < -0.4 is 10.6 Å². The number of carbonyl (C=O) groups excluding carboxylic acids is 2. The summed E-state index contributed by atoms with van der Waals surface area (Å²) in [5, 5.41) is 4.74. The van der Waals surface area contributed by atoms with Crippen molar-refractivity contribution < 1.29 is 14.0 Å². The van der Waals surface area contributed by atoms with E-state index in [0.29, 0.717) is 0 Å². The number of nitrogens with one attached hydrogen (secondary N) is 2. The van der Waals surface area contributed by atoms with Crippen molar-refractivity contribution in [2.75, 3.05) is 5.32 Å². The zero-order chi connectivity index (χ0) is 13.7. The maximum absolute atomic E-state index is 12.9. The van der Waals surface area contributed by atoms with Gasteiger partial charge in [-0.25, -0.2) is 4.39 Å². The topological polar surface area (TPSA) is 58.2 Å². The van der Waals surface area contributed by atoms with Crippen molar-refractivity contribution in [3.63, 3.8) is 0 Å². The highest BCUT2D eigenvalue weighted by molar-refractivity contribution is 6.40. The number of hydrogen-bond donors (Lipinski definition) is 2. The molecule has 2 amide bonds. The summed E-state index contributed by atoms with van der Waals surface area (Å²) in [7, 11) is 0. The van der Waals surface area contributed by atoms with Gasteiger partial charge in [-0.3, -0.25) is 9.59 Å². The summed E-state index contributed by atoms with van der Waals surface area (Å²) in [6.45, 7) is 3.68. The molecular weight excluding hydrogens is 259 g/mol. The Hall–Kier alpha value is -1.62. The lowest BCUT2D eigenvalue weighted by Crippen LogP contribution is -2.40. The summed E-state index contributed by atoms with van der Waals surface area (Å²) in [4.78, 5) is 22.9. The van der Waals surface area contributed by atoms with E-state index >= 15 is 0 Å². The third-order valence-corrected chi connectivity index (χ3v) is 2.66. The number of carbonyl (C=O) groups is 2. The lowest BCUT2D eigenvalue weighted by atomic mass is 10.2. The lowest BCUT2D eigenvalue weighted by Gasteiger charge is -2.11. The Morgan fingerprint density at radius 3 is 2.61 bits per heavy atom. The van der Waals surface area contributed by atoms with Gasteiger partial charge in [0.2, 0.25) is 0 Å². The smallest absolute Gasteiger partial charge is 0.313 e. The van der Waals surface area contributed by atoms with Crippen molar-refractivity contribution in [1.82, 2.24) is 5.32 Å². The molecule has 0 heterocycles. The molecule has 0 aromatic heterocycles. The van der Waals surface area contributed by atoms with Gasteiger partial charge in [-0.1, -0.05) is 18.5 Å². The van der Waals surface area contributed by atoms with Gasteiger partial charge in [0.25, 0.3) is 0 Å². The van der Waals surface area contributed by atoms with Crippen LogP contribution in [0.2, 0.25) is 5.02 Å². The number of halogens is 2. The quantitative estimate of drug-likeness (QED) is 0.830. The molecule has 0 aliphatic heterocycles. The first-order chi connectivity index (χ1) is 8.43. The standard InChI is InChI=1S/C12H14ClFN2O2/c1-3-7(2)15-11(17)12(18)16-8-4-5-10(14)9(13)6-8/h4-7H,3H2,1-2H3,(H,15,17)(H,16,18)/t7-/m0/s1. The largest absolute Gasteiger partial charge is 0.345 e. The molecule has 1 aromatic rings. The summed E-state index contributed by atoms with van der Waals surface area (Å²) in [6.07, 6.45) is 0.724. The van der Waals surface area contributed by atoms with E-state index in [4.69, 9.17) is 11.6 Å². The minimum Gasteiger partial charge on any atom is -0.345 e. The van der Waals surface area contributed by atoms with Gasteiger partial charge in [-0.05, 0) is 31.5 Å². The third-order valence-electron chi connectivity index (χ3n) is 2.37. The third kappa shape index (κ3) is 4.00. The Balaban J connectivity index is 2.64. The second-order valence-corrected chi connectivity index (χ2v) is 4.27. The monoisotopic (exact) mass is 272 g/mol. The number of amides is 2. The fraction of sp³-hybridized carbons (Fsp3) is 0.333. The molecule has 0 saturated heterocycles. The molecule has 1 atom stereocenters. The molecule has 6 heteroatoms. The molecule has 0 bridgehead atoms. The molecule has 2 N–H and O–H groups in total. The van der Waals surface area contributed by atoms with Crippen molar-refractivity contribution in [2.45, 2.75) is 26.3 Å². The second kappa shape index (κ2) is 6.35. The van der Waals surface area contributed by atoms with Crippen LogP contribution in [0.3, 0.4) is 0 Å². The van der Waals surface area contributed by atoms with Crippen LogP contribution in [0.5, 0.6) is 0 Å². The van der Waals surface area contributed by atoms with E-state index in [2.05, 4.69) is 10.6 Å². The van der Waals surface area contributed by atoms with Crippen molar-refractivity contribution in [1.29, 1.82) is 0 Å². The van der Waals surface area contributed by atoms with Crippen molar-refractivity contribution in [3.8, 4) is 0 Å². The Morgan fingerprint density at radius 2 is 2.06 bits per heavy atom. The van der Waals surface area contributed by atoms with Gasteiger partial charge in [0.05, 0.1) is 5.02 Å². The van der Waals surface area contributed by atoms with Gasteiger partial charge in [0.1, 0.15) is 5.82 Å². The number of rotatable bonds is 3. The van der Waals surface area contributed by atoms with Crippen LogP contribution in [0.4, 0.5) is 10.1 Å². The summed E-state index contributed by atoms with van der Waals surface area (Å²) in [5.74, 6) is -2.12. The Kier molecular flexibility index (Phi) is 5.09. The summed E-state index contributed by atoms with van der Waals surface area (Å²) in [6, 6.07) is 3.60. The Labute approximate surface area is 110 Å². The van der Waals surface area contributed by atoms with Gasteiger partial charge >= 0.3 is 11.8 Å². The highest BCUT2D eigenvalue weighted by Gasteiger charge is 2.15. The molecular formula is C12H14ClFN2O2. The van der Waals surface area contributed by atoms with Gasteiger partial charge < -0.3 is 10.6 Å². The average Bonchev–Trinajstić information content (AvgIpc) is 2.33. The Bertz CT molecular complexity index is 465. The molecule has 0 fully saturated rings. The molecule has 0 aliphatic rings. The molecule has 98 valence electrons. The zero-order valence-electron chi connectivity index (χ0n) is 10.1. The highest BCUT2D eigenvalue weighted by atomic mass is 35.5. The molecule has 1 rings (SSSR count). The van der Waals surface area contributed by atoms with E-state index in [-0.39, 0.29) is 16.8 Å². The number of hydrogen-bond acceptors (Lipinski definition) is 2. The van der Waals surface area contributed by atoms with E-state index in [1.165, 1.54) is 12.1 Å². The predicted octanol–water partition coefficient (Wildman–Crippen LogP) is 2.33. The average molecular weight is 273 g/mol. The molecule has 4 nitrogen and oxygen atoms in total. The van der Waals surface area contributed by atoms with Gasteiger partial charge in [0, 0.05) is 11.7 Å². The number of anilines is 1. The van der Waals surface area contributed by atoms with Crippen LogP contribution in [-0.4, -0.2) is 17.9 Å². The van der Waals surface area contributed by atoms with Crippen LogP contribution >= 0.6 is 11.6 Å². The summed E-state index contributed by atoms with van der Waals surface area (Å²) < 4.78 is 12.9. The molecule has 0 unspecified atom stereocenters. The first-order valence-electron chi connectivity index (χ1n) is 5.51. The molecule has 0 spiro atoms. The van der Waals surface area contributed by atoms with E-state index in [1.807, 2.05) is 6.92 Å². The number of benzene rings is 1. The van der Waals surface area contributed by atoms with Crippen LogP contribution in [0.1, 0.15) is 20.3 Å². The first-order valence-corrected chi connectivity index (χ1v) is 5.88. The van der Waals surface area contributed by atoms with E-state index in [1.54, 1.807) is 6.92 Å². The van der Waals surface area contributed by atoms with Crippen LogP contribution in [0.15, 0.2) is 18.2 Å². The zero-order valence-corrected chi connectivity index (χ0v) is 10.8. The molecule has 18 heavy (non-hydrogen) atoms. The molecule has 0 saturated carbocycles. The highest BCUT2D eigenvalue weighted by Crippen LogP contribution is 2.19. The fourth-order valence-electron chi connectivity index (χ4n) is 1.15. The van der Waals surface area contributed by atoms with Crippen LogP contribution in [0.25, 0.3) is 0 Å². The fourth-order valence-corrected chi connectivity index (χ4v) is 1.33. The summed E-state index contributed by atoms with van der Waals surface area (Å²) >= 11 is 5.56. The Morgan fingerprint density at radius 1 is 1.39 bits per heavy atom. The molecule has 1 aromatic carbocycles. The van der Waals surface area contributed by atoms with E-state index in [9.17, 15) is 14.0 Å². The summed E-state index contributed by atoms with van der Waals surface area (Å²) in [5.41, 5.74) is 0.269.